The third-order valence-corrected chi connectivity index (χ3v) is 7.38. The van der Waals surface area contributed by atoms with E-state index in [4.69, 9.17) is 9.72 Å². The summed E-state index contributed by atoms with van der Waals surface area (Å²) in [4.78, 5) is 32.6. The second-order valence-electron chi connectivity index (χ2n) is 11.0. The van der Waals surface area contributed by atoms with Gasteiger partial charge in [0.05, 0.1) is 19.3 Å². The number of imidazole rings is 1. The van der Waals surface area contributed by atoms with Crippen molar-refractivity contribution in [1.29, 1.82) is 0 Å². The van der Waals surface area contributed by atoms with Crippen molar-refractivity contribution >= 4 is 5.95 Å². The van der Waals surface area contributed by atoms with Crippen LogP contribution >= 0.6 is 0 Å². The van der Waals surface area contributed by atoms with Gasteiger partial charge >= 0.3 is 6.18 Å². The Morgan fingerprint density at radius 1 is 0.978 bits per heavy atom. The number of rotatable bonds is 9. The zero-order valence-corrected chi connectivity index (χ0v) is 25.4. The Bertz CT molecular complexity index is 1880. The molecule has 0 saturated heterocycles. The highest BCUT2D eigenvalue weighted by Gasteiger charge is 2.35. The van der Waals surface area contributed by atoms with Gasteiger partial charge in [-0.15, -0.1) is 0 Å². The minimum atomic E-state index is -4.54. The van der Waals surface area contributed by atoms with E-state index in [0.29, 0.717) is 46.9 Å². The van der Waals surface area contributed by atoms with Crippen LogP contribution in [0.4, 0.5) is 19.1 Å². The van der Waals surface area contributed by atoms with Crippen LogP contribution in [0, 0.1) is 11.8 Å². The van der Waals surface area contributed by atoms with E-state index in [1.165, 1.54) is 17.2 Å². The molecule has 1 aliphatic rings. The van der Waals surface area contributed by atoms with Crippen molar-refractivity contribution in [3.63, 3.8) is 0 Å². The van der Waals surface area contributed by atoms with Crippen LogP contribution in [0.15, 0.2) is 67.5 Å². The van der Waals surface area contributed by atoms with Crippen molar-refractivity contribution in [3.05, 3.63) is 90.2 Å². The minimum Gasteiger partial charge on any atom is -0.480 e. The fourth-order valence-electron chi connectivity index (χ4n) is 4.95. The number of aromatic nitrogens is 8. The summed E-state index contributed by atoms with van der Waals surface area (Å²) in [7, 11) is 1.55. The minimum absolute atomic E-state index is 0.210. The maximum Gasteiger partial charge on any atom is 0.434 e. The lowest BCUT2D eigenvalue weighted by atomic mass is 10.1. The van der Waals surface area contributed by atoms with Crippen LogP contribution in [0.5, 0.6) is 5.88 Å². The quantitative estimate of drug-likeness (QED) is 0.179. The number of pyridine rings is 1. The summed E-state index contributed by atoms with van der Waals surface area (Å²) in [5.74, 6) is 7.94. The second kappa shape index (κ2) is 12.9. The van der Waals surface area contributed by atoms with Crippen molar-refractivity contribution in [2.24, 2.45) is 0 Å². The van der Waals surface area contributed by atoms with E-state index in [2.05, 4.69) is 41.7 Å². The first-order valence-electron chi connectivity index (χ1n) is 14.7. The molecule has 4 aromatic heterocycles. The maximum absolute atomic E-state index is 13.5. The molecule has 1 aliphatic carbocycles. The molecule has 5 aromatic rings. The lowest BCUT2D eigenvalue weighted by Gasteiger charge is -2.21. The number of hydrogen-bond acceptors (Lipinski definition) is 9. The van der Waals surface area contributed by atoms with Crippen LogP contribution in [0.1, 0.15) is 61.3 Å². The number of methoxy groups -OCH3 is 1. The molecule has 10 nitrogen and oxygen atoms in total. The average molecular weight is 626 g/mol. The average Bonchev–Trinajstić information content (AvgIpc) is 3.80. The van der Waals surface area contributed by atoms with Gasteiger partial charge < -0.3 is 14.2 Å². The molecule has 0 bridgehead atoms. The molecule has 0 amide bonds. The molecule has 4 heterocycles. The molecule has 1 saturated carbocycles. The zero-order chi connectivity index (χ0) is 32.3. The van der Waals surface area contributed by atoms with E-state index < -0.39 is 11.9 Å². The van der Waals surface area contributed by atoms with Crippen LogP contribution < -0.4 is 9.64 Å². The van der Waals surface area contributed by atoms with Gasteiger partial charge in [-0.3, -0.25) is 0 Å². The fraction of sp³-hybridized carbons (Fsp3) is 0.303. The van der Waals surface area contributed by atoms with E-state index in [-0.39, 0.29) is 18.4 Å². The SMILES string of the molecule is COc1ncnc(C2CC2)c1-c1ncnc(N(CC#Cc2ccccn2)Cc2ccc(-c3nc(C(F)(F)F)cn3C(C)C)cc2)n1. The largest absolute Gasteiger partial charge is 0.480 e. The summed E-state index contributed by atoms with van der Waals surface area (Å²) in [6.45, 7) is 4.24. The van der Waals surface area contributed by atoms with Gasteiger partial charge in [-0.1, -0.05) is 36.3 Å². The number of nitrogens with zero attached hydrogens (tertiary/aromatic N) is 9. The molecule has 1 aromatic carbocycles. The molecule has 13 heteroatoms. The second-order valence-corrected chi connectivity index (χ2v) is 11.0. The molecule has 0 aliphatic heterocycles. The number of halogens is 3. The van der Waals surface area contributed by atoms with E-state index in [9.17, 15) is 13.2 Å². The smallest absolute Gasteiger partial charge is 0.434 e. The molecule has 234 valence electrons. The van der Waals surface area contributed by atoms with Crippen LogP contribution in [-0.4, -0.2) is 53.1 Å². The Morgan fingerprint density at radius 3 is 2.43 bits per heavy atom. The van der Waals surface area contributed by atoms with Crippen LogP contribution in [-0.2, 0) is 12.7 Å². The Kier molecular flexibility index (Phi) is 8.61. The number of benzene rings is 1. The summed E-state index contributed by atoms with van der Waals surface area (Å²) < 4.78 is 47.5. The van der Waals surface area contributed by atoms with E-state index in [1.807, 2.05) is 49.1 Å². The van der Waals surface area contributed by atoms with Crippen LogP contribution in [0.2, 0.25) is 0 Å². The molecule has 1 fully saturated rings. The van der Waals surface area contributed by atoms with Gasteiger partial charge in [0.15, 0.2) is 11.5 Å². The third-order valence-electron chi connectivity index (χ3n) is 7.38. The van der Waals surface area contributed by atoms with Crippen molar-refractivity contribution in [2.45, 2.75) is 51.4 Å². The van der Waals surface area contributed by atoms with E-state index in [1.54, 1.807) is 25.4 Å². The Hall–Kier alpha value is -5.38. The van der Waals surface area contributed by atoms with Crippen LogP contribution in [0.25, 0.3) is 22.8 Å². The van der Waals surface area contributed by atoms with Crippen molar-refractivity contribution in [2.75, 3.05) is 18.6 Å². The molecular formula is C33H30F3N9O. The predicted molar refractivity (Wildman–Crippen MR) is 165 cm³/mol. The highest BCUT2D eigenvalue weighted by molar-refractivity contribution is 5.66. The molecule has 0 unspecified atom stereocenters. The summed E-state index contributed by atoms with van der Waals surface area (Å²) in [6.07, 6.45) is 3.15. The number of alkyl halides is 3. The zero-order valence-electron chi connectivity index (χ0n) is 25.4. The lowest BCUT2D eigenvalue weighted by Crippen LogP contribution is -2.25. The first-order chi connectivity index (χ1) is 22.2. The standard InChI is InChI=1S/C33H30F3N9O/c1-21(2)45-18-26(33(34,35)36)42-30(45)24-11-9-22(10-12-24)17-44(16-6-8-25-7-4-5-15-37-25)32-41-20-39-29(43-32)27-28(23-13-14-23)38-19-40-31(27)46-3/h4-5,7,9-12,15,18-21,23H,13-14,16-17H2,1-3H3. The Labute approximate surface area is 263 Å². The Morgan fingerprint density at radius 2 is 1.76 bits per heavy atom. The van der Waals surface area contributed by atoms with Crippen LogP contribution in [0.3, 0.4) is 0 Å². The topological polar surface area (TPSA) is 108 Å². The molecule has 0 N–H and O–H groups in total. The molecule has 0 radical (unpaired) electrons. The van der Waals surface area contributed by atoms with Gasteiger partial charge in [-0.05, 0) is 50.3 Å². The summed E-state index contributed by atoms with van der Waals surface area (Å²) in [6, 6.07) is 12.5. The summed E-state index contributed by atoms with van der Waals surface area (Å²) in [5.41, 5.74) is 2.62. The number of ether oxygens (including phenoxy) is 1. The number of hydrogen-bond donors (Lipinski definition) is 0. The van der Waals surface area contributed by atoms with Gasteiger partial charge in [-0.25, -0.2) is 29.9 Å². The molecule has 46 heavy (non-hydrogen) atoms. The van der Waals surface area contributed by atoms with Crippen molar-refractivity contribution < 1.29 is 17.9 Å². The first kappa shape index (κ1) is 30.6. The van der Waals surface area contributed by atoms with Gasteiger partial charge in [0.1, 0.15) is 29.7 Å². The van der Waals surface area contributed by atoms with Gasteiger partial charge in [0.25, 0.3) is 0 Å². The number of anilines is 1. The lowest BCUT2D eigenvalue weighted by molar-refractivity contribution is -0.140. The normalized spacial score (nSPS) is 12.9. The fourth-order valence-corrected chi connectivity index (χ4v) is 4.95. The summed E-state index contributed by atoms with van der Waals surface area (Å²) in [5, 5.41) is 0. The molecule has 0 atom stereocenters. The Balaban J connectivity index is 1.33. The van der Waals surface area contributed by atoms with E-state index >= 15 is 0 Å². The van der Waals surface area contributed by atoms with E-state index in [0.717, 1.165) is 30.3 Å². The molecular weight excluding hydrogens is 595 g/mol. The third kappa shape index (κ3) is 6.81. The van der Waals surface area contributed by atoms with Gasteiger partial charge in [0, 0.05) is 36.5 Å². The summed E-state index contributed by atoms with van der Waals surface area (Å²) >= 11 is 0. The van der Waals surface area contributed by atoms with Gasteiger partial charge in [-0.2, -0.15) is 18.2 Å². The van der Waals surface area contributed by atoms with Gasteiger partial charge in [0.2, 0.25) is 11.8 Å². The first-order valence-corrected chi connectivity index (χ1v) is 14.7. The monoisotopic (exact) mass is 625 g/mol. The highest BCUT2D eigenvalue weighted by atomic mass is 19.4. The van der Waals surface area contributed by atoms with Crippen molar-refractivity contribution in [1.82, 2.24) is 39.5 Å². The molecule has 0 spiro atoms. The maximum atomic E-state index is 13.5. The molecule has 6 rings (SSSR count). The highest BCUT2D eigenvalue weighted by Crippen LogP contribution is 2.44. The predicted octanol–water partition coefficient (Wildman–Crippen LogP) is 6.13. The van der Waals surface area contributed by atoms with Crippen molar-refractivity contribution in [3.8, 4) is 40.5 Å².